The summed E-state index contributed by atoms with van der Waals surface area (Å²) in [6, 6.07) is 7.87. The van der Waals surface area contributed by atoms with E-state index in [2.05, 4.69) is 20.9 Å². The lowest BCUT2D eigenvalue weighted by Crippen LogP contribution is -2.17. The van der Waals surface area contributed by atoms with Gasteiger partial charge in [-0.05, 0) is 40.2 Å². The zero-order valence-corrected chi connectivity index (χ0v) is 17.0. The smallest absolute Gasteiger partial charge is 0.342 e. The first-order chi connectivity index (χ1) is 13.5. The van der Waals surface area contributed by atoms with E-state index in [1.807, 2.05) is 0 Å². The normalized spacial score (nSPS) is 10.6. The lowest BCUT2D eigenvalue weighted by Gasteiger charge is -2.15. The van der Waals surface area contributed by atoms with Crippen LogP contribution < -0.4 is 19.8 Å². The van der Waals surface area contributed by atoms with E-state index in [1.165, 1.54) is 37.9 Å². The number of ether oxygens (including phenoxy) is 4. The van der Waals surface area contributed by atoms with Gasteiger partial charge < -0.3 is 18.9 Å². The van der Waals surface area contributed by atoms with Crippen molar-refractivity contribution in [2.45, 2.75) is 6.61 Å². The Kier molecular flexibility index (Phi) is 5.84. The highest BCUT2D eigenvalue weighted by Gasteiger charge is 2.22. The third-order valence-corrected chi connectivity index (χ3v) is 4.42. The standard InChI is InChI=1S/C19H17BrN2O6/c1-25-14-6-5-13(17(26-2)18(14)27-3)19(24)28-10-12-8-16(23)22-9-11(20)4-7-15(22)21-12/h4-9H,10H2,1-3H3. The molecule has 0 fully saturated rings. The lowest BCUT2D eigenvalue weighted by molar-refractivity contribution is 0.0463. The number of rotatable bonds is 6. The van der Waals surface area contributed by atoms with Crippen LogP contribution >= 0.6 is 15.9 Å². The number of halogens is 1. The lowest BCUT2D eigenvalue weighted by atomic mass is 10.1. The van der Waals surface area contributed by atoms with Gasteiger partial charge in [-0.2, -0.15) is 0 Å². The van der Waals surface area contributed by atoms with E-state index in [-0.39, 0.29) is 29.2 Å². The molecule has 3 aromatic rings. The van der Waals surface area contributed by atoms with Crippen LogP contribution in [0, 0.1) is 0 Å². The highest BCUT2D eigenvalue weighted by molar-refractivity contribution is 9.10. The highest BCUT2D eigenvalue weighted by Crippen LogP contribution is 2.40. The van der Waals surface area contributed by atoms with E-state index >= 15 is 0 Å². The Morgan fingerprint density at radius 3 is 2.50 bits per heavy atom. The van der Waals surface area contributed by atoms with Gasteiger partial charge in [-0.3, -0.25) is 9.20 Å². The Labute approximate surface area is 168 Å². The van der Waals surface area contributed by atoms with E-state index < -0.39 is 5.97 Å². The summed E-state index contributed by atoms with van der Waals surface area (Å²) in [5, 5.41) is 0. The maximum atomic E-state index is 12.5. The van der Waals surface area contributed by atoms with Crippen LogP contribution in [0.25, 0.3) is 5.65 Å². The van der Waals surface area contributed by atoms with Crippen LogP contribution in [0.1, 0.15) is 16.1 Å². The maximum absolute atomic E-state index is 12.5. The van der Waals surface area contributed by atoms with Crippen molar-refractivity contribution in [3.05, 3.63) is 62.6 Å². The summed E-state index contributed by atoms with van der Waals surface area (Å²) in [7, 11) is 4.34. The number of hydrogen-bond donors (Lipinski definition) is 0. The molecule has 0 aliphatic rings. The minimum atomic E-state index is -0.643. The van der Waals surface area contributed by atoms with Gasteiger partial charge in [0, 0.05) is 16.7 Å². The van der Waals surface area contributed by atoms with Gasteiger partial charge in [0.25, 0.3) is 5.56 Å². The number of aromatic nitrogens is 2. The van der Waals surface area contributed by atoms with Crippen LogP contribution in [0.4, 0.5) is 0 Å². The van der Waals surface area contributed by atoms with Crippen molar-refractivity contribution in [1.82, 2.24) is 9.38 Å². The van der Waals surface area contributed by atoms with Crippen molar-refractivity contribution in [2.24, 2.45) is 0 Å². The minimum Gasteiger partial charge on any atom is -0.493 e. The molecule has 0 radical (unpaired) electrons. The summed E-state index contributed by atoms with van der Waals surface area (Å²) in [4.78, 5) is 29.1. The highest BCUT2D eigenvalue weighted by atomic mass is 79.9. The second-order valence-electron chi connectivity index (χ2n) is 5.62. The van der Waals surface area contributed by atoms with Crippen LogP contribution in [-0.4, -0.2) is 36.7 Å². The molecule has 0 saturated carbocycles. The number of carbonyl (C=O) groups excluding carboxylic acids is 1. The van der Waals surface area contributed by atoms with Crippen molar-refractivity contribution >= 4 is 27.5 Å². The summed E-state index contributed by atoms with van der Waals surface area (Å²) in [6.07, 6.45) is 1.62. The topological polar surface area (TPSA) is 88.4 Å². The van der Waals surface area contributed by atoms with Crippen LogP contribution in [0.5, 0.6) is 17.2 Å². The summed E-state index contributed by atoms with van der Waals surface area (Å²) < 4.78 is 23.2. The predicted molar refractivity (Wildman–Crippen MR) is 104 cm³/mol. The number of fused-ring (bicyclic) bond motifs is 1. The third kappa shape index (κ3) is 3.79. The molecule has 0 saturated heterocycles. The summed E-state index contributed by atoms with van der Waals surface area (Å²) >= 11 is 3.31. The Bertz CT molecular complexity index is 1100. The first-order valence-electron chi connectivity index (χ1n) is 8.12. The van der Waals surface area contributed by atoms with Crippen molar-refractivity contribution in [3.63, 3.8) is 0 Å². The van der Waals surface area contributed by atoms with Gasteiger partial charge in [0.2, 0.25) is 5.75 Å². The average molecular weight is 449 g/mol. The molecule has 0 spiro atoms. The van der Waals surface area contributed by atoms with Gasteiger partial charge >= 0.3 is 5.97 Å². The van der Waals surface area contributed by atoms with Gasteiger partial charge in [0.1, 0.15) is 17.8 Å². The van der Waals surface area contributed by atoms with Gasteiger partial charge in [-0.25, -0.2) is 9.78 Å². The molecule has 2 aromatic heterocycles. The Morgan fingerprint density at radius 2 is 1.82 bits per heavy atom. The molecule has 28 heavy (non-hydrogen) atoms. The number of esters is 1. The number of carbonyl (C=O) groups is 1. The maximum Gasteiger partial charge on any atom is 0.342 e. The number of hydrogen-bond acceptors (Lipinski definition) is 7. The van der Waals surface area contributed by atoms with Crippen molar-refractivity contribution in [3.8, 4) is 17.2 Å². The van der Waals surface area contributed by atoms with Gasteiger partial charge in [-0.1, -0.05) is 0 Å². The van der Waals surface area contributed by atoms with E-state index in [1.54, 1.807) is 24.4 Å². The Morgan fingerprint density at radius 1 is 1.07 bits per heavy atom. The fourth-order valence-electron chi connectivity index (χ4n) is 2.68. The molecule has 3 rings (SSSR count). The molecule has 0 aliphatic carbocycles. The van der Waals surface area contributed by atoms with E-state index in [0.29, 0.717) is 17.1 Å². The summed E-state index contributed by atoms with van der Waals surface area (Å²) in [5.41, 5.74) is 0.674. The van der Waals surface area contributed by atoms with Crippen LogP contribution in [-0.2, 0) is 11.3 Å². The van der Waals surface area contributed by atoms with Crippen LogP contribution in [0.15, 0.2) is 45.8 Å². The van der Waals surface area contributed by atoms with Crippen molar-refractivity contribution < 1.29 is 23.7 Å². The molecule has 9 heteroatoms. The van der Waals surface area contributed by atoms with Crippen molar-refractivity contribution in [1.29, 1.82) is 0 Å². The Balaban J connectivity index is 1.86. The second kappa shape index (κ2) is 8.30. The molecule has 0 amide bonds. The molecule has 0 bridgehead atoms. The zero-order chi connectivity index (χ0) is 20.3. The van der Waals surface area contributed by atoms with Crippen molar-refractivity contribution in [2.75, 3.05) is 21.3 Å². The molecule has 8 nitrogen and oxygen atoms in total. The van der Waals surface area contributed by atoms with E-state index in [9.17, 15) is 9.59 Å². The molecule has 0 N–H and O–H groups in total. The minimum absolute atomic E-state index is 0.168. The summed E-state index contributed by atoms with van der Waals surface area (Å²) in [6.45, 7) is -0.169. The van der Waals surface area contributed by atoms with Gasteiger partial charge in [0.15, 0.2) is 11.5 Å². The monoisotopic (exact) mass is 448 g/mol. The number of methoxy groups -OCH3 is 3. The van der Waals surface area contributed by atoms with Crippen LogP contribution in [0.2, 0.25) is 0 Å². The first kappa shape index (κ1) is 19.7. The molecule has 0 unspecified atom stereocenters. The first-order valence-corrected chi connectivity index (χ1v) is 8.91. The van der Waals surface area contributed by atoms with Gasteiger partial charge in [-0.15, -0.1) is 0 Å². The van der Waals surface area contributed by atoms with Crippen LogP contribution in [0.3, 0.4) is 0 Å². The molecule has 2 heterocycles. The Hall–Kier alpha value is -3.07. The molecular formula is C19H17BrN2O6. The molecular weight excluding hydrogens is 432 g/mol. The molecule has 0 atom stereocenters. The predicted octanol–water partition coefficient (Wildman–Crippen LogP) is 2.84. The fourth-order valence-corrected chi connectivity index (χ4v) is 3.02. The summed E-state index contributed by atoms with van der Waals surface area (Å²) in [5.74, 6) is 0.261. The molecule has 1 aromatic carbocycles. The second-order valence-corrected chi connectivity index (χ2v) is 6.53. The van der Waals surface area contributed by atoms with E-state index in [0.717, 1.165) is 4.47 Å². The van der Waals surface area contributed by atoms with Gasteiger partial charge in [0.05, 0.1) is 27.0 Å². The third-order valence-electron chi connectivity index (χ3n) is 3.95. The fraction of sp³-hybridized carbons (Fsp3) is 0.211. The molecule has 146 valence electrons. The average Bonchev–Trinajstić information content (AvgIpc) is 2.71. The SMILES string of the molecule is COc1ccc(C(=O)OCc2cc(=O)n3cc(Br)ccc3n2)c(OC)c1OC. The zero-order valence-electron chi connectivity index (χ0n) is 15.4. The quantitative estimate of drug-likeness (QED) is 0.535. The number of pyridine rings is 1. The van der Waals surface area contributed by atoms with E-state index in [4.69, 9.17) is 18.9 Å². The number of benzene rings is 1. The molecule has 0 aliphatic heterocycles. The largest absolute Gasteiger partial charge is 0.493 e. The number of nitrogens with zero attached hydrogens (tertiary/aromatic N) is 2.